The van der Waals surface area contributed by atoms with Gasteiger partial charge in [0.15, 0.2) is 0 Å². The molecule has 150 valence electrons. The van der Waals surface area contributed by atoms with Crippen molar-refractivity contribution in [1.29, 1.82) is 0 Å². The van der Waals surface area contributed by atoms with Crippen LogP contribution < -0.4 is 10.6 Å². The van der Waals surface area contributed by atoms with Crippen LogP contribution in [0.2, 0.25) is 5.15 Å². The van der Waals surface area contributed by atoms with Crippen LogP contribution in [0, 0.1) is 5.92 Å². The molecule has 1 atom stereocenters. The van der Waals surface area contributed by atoms with Gasteiger partial charge in [0, 0.05) is 19.7 Å². The first-order chi connectivity index (χ1) is 13.7. The predicted molar refractivity (Wildman–Crippen MR) is 115 cm³/mol. The Bertz CT molecular complexity index is 883. The third kappa shape index (κ3) is 4.88. The van der Waals surface area contributed by atoms with Gasteiger partial charge in [-0.2, -0.15) is 4.98 Å². The van der Waals surface area contributed by atoms with Gasteiger partial charge in [-0.05, 0) is 24.5 Å². The van der Waals surface area contributed by atoms with Gasteiger partial charge in [0.25, 0.3) is 0 Å². The number of fused-ring (bicyclic) bond motifs is 1. The summed E-state index contributed by atoms with van der Waals surface area (Å²) >= 11 is 8.04. The SMILES string of the molecule is CCC(CO)CCNc1nc(NCCO)nc(Cl)c1-c1nc2ccccc2s1. The molecular formula is C19H24ClN5O2S. The maximum atomic E-state index is 9.41. The van der Waals surface area contributed by atoms with Gasteiger partial charge in [-0.25, -0.2) is 9.97 Å². The Hall–Kier alpha value is -2.00. The Morgan fingerprint density at radius 3 is 2.64 bits per heavy atom. The number of hydrogen-bond donors (Lipinski definition) is 4. The van der Waals surface area contributed by atoms with Crippen molar-refractivity contribution < 1.29 is 10.2 Å². The zero-order valence-electron chi connectivity index (χ0n) is 15.7. The normalized spacial score (nSPS) is 12.3. The van der Waals surface area contributed by atoms with Gasteiger partial charge in [-0.15, -0.1) is 11.3 Å². The smallest absolute Gasteiger partial charge is 0.226 e. The Morgan fingerprint density at radius 1 is 1.11 bits per heavy atom. The lowest BCUT2D eigenvalue weighted by molar-refractivity contribution is 0.217. The molecule has 0 aliphatic carbocycles. The number of para-hydroxylation sites is 1. The van der Waals surface area contributed by atoms with Crippen molar-refractivity contribution in [3.8, 4) is 10.6 Å². The van der Waals surface area contributed by atoms with E-state index in [1.807, 2.05) is 24.3 Å². The minimum Gasteiger partial charge on any atom is -0.396 e. The van der Waals surface area contributed by atoms with Crippen molar-refractivity contribution in [2.75, 3.05) is 36.9 Å². The third-order valence-electron chi connectivity index (χ3n) is 4.45. The van der Waals surface area contributed by atoms with Crippen LogP contribution in [0.3, 0.4) is 0 Å². The molecule has 0 saturated carbocycles. The Kier molecular flexibility index (Phi) is 7.38. The van der Waals surface area contributed by atoms with E-state index in [0.717, 1.165) is 28.1 Å². The van der Waals surface area contributed by atoms with Crippen LogP contribution in [0.4, 0.5) is 11.8 Å². The minimum atomic E-state index is -0.0297. The van der Waals surface area contributed by atoms with E-state index in [1.165, 1.54) is 11.3 Å². The van der Waals surface area contributed by atoms with Crippen LogP contribution in [0.25, 0.3) is 20.8 Å². The molecule has 1 aromatic carbocycles. The molecule has 0 aliphatic rings. The average Bonchev–Trinajstić information content (AvgIpc) is 3.13. The van der Waals surface area contributed by atoms with Crippen LogP contribution in [-0.4, -0.2) is 51.5 Å². The molecule has 3 aromatic rings. The summed E-state index contributed by atoms with van der Waals surface area (Å²) < 4.78 is 1.06. The predicted octanol–water partition coefficient (Wildman–Crippen LogP) is 3.63. The molecule has 0 spiro atoms. The molecule has 2 heterocycles. The first-order valence-electron chi connectivity index (χ1n) is 9.29. The van der Waals surface area contributed by atoms with Gasteiger partial charge >= 0.3 is 0 Å². The van der Waals surface area contributed by atoms with E-state index in [2.05, 4.69) is 32.5 Å². The van der Waals surface area contributed by atoms with E-state index < -0.39 is 0 Å². The molecule has 9 heteroatoms. The quantitative estimate of drug-likeness (QED) is 0.370. The Labute approximate surface area is 172 Å². The van der Waals surface area contributed by atoms with Crippen molar-refractivity contribution in [1.82, 2.24) is 15.0 Å². The molecule has 0 fully saturated rings. The highest BCUT2D eigenvalue weighted by molar-refractivity contribution is 7.21. The Balaban J connectivity index is 1.94. The van der Waals surface area contributed by atoms with Crippen molar-refractivity contribution >= 4 is 44.9 Å². The lowest BCUT2D eigenvalue weighted by Gasteiger charge is -2.15. The van der Waals surface area contributed by atoms with E-state index in [1.54, 1.807) is 0 Å². The molecule has 7 nitrogen and oxygen atoms in total. The summed E-state index contributed by atoms with van der Waals surface area (Å²) in [6, 6.07) is 7.90. The summed E-state index contributed by atoms with van der Waals surface area (Å²) in [5.74, 6) is 1.18. The largest absolute Gasteiger partial charge is 0.396 e. The number of thiazole rings is 1. The molecular weight excluding hydrogens is 398 g/mol. The molecule has 0 radical (unpaired) electrons. The second-order valence-corrected chi connectivity index (χ2v) is 7.76. The van der Waals surface area contributed by atoms with Gasteiger partial charge in [-0.3, -0.25) is 0 Å². The highest BCUT2D eigenvalue weighted by Crippen LogP contribution is 2.38. The number of aliphatic hydroxyl groups excluding tert-OH is 2. The average molecular weight is 422 g/mol. The highest BCUT2D eigenvalue weighted by atomic mass is 35.5. The van der Waals surface area contributed by atoms with Gasteiger partial charge < -0.3 is 20.8 Å². The van der Waals surface area contributed by atoms with Gasteiger partial charge in [0.05, 0.1) is 22.4 Å². The van der Waals surface area contributed by atoms with Crippen LogP contribution in [0.1, 0.15) is 19.8 Å². The van der Waals surface area contributed by atoms with Crippen molar-refractivity contribution in [2.24, 2.45) is 5.92 Å². The van der Waals surface area contributed by atoms with Crippen LogP contribution in [0.15, 0.2) is 24.3 Å². The Morgan fingerprint density at radius 2 is 1.93 bits per heavy atom. The minimum absolute atomic E-state index is 0.0297. The van der Waals surface area contributed by atoms with Gasteiger partial charge in [0.1, 0.15) is 16.0 Å². The number of aromatic nitrogens is 3. The highest BCUT2D eigenvalue weighted by Gasteiger charge is 2.19. The van der Waals surface area contributed by atoms with Crippen molar-refractivity contribution in [3.63, 3.8) is 0 Å². The lowest BCUT2D eigenvalue weighted by Crippen LogP contribution is -2.15. The number of hydrogen-bond acceptors (Lipinski definition) is 8. The molecule has 3 rings (SSSR count). The number of nitrogens with zero attached hydrogens (tertiary/aromatic N) is 3. The molecule has 0 saturated heterocycles. The van der Waals surface area contributed by atoms with E-state index in [4.69, 9.17) is 16.7 Å². The maximum Gasteiger partial charge on any atom is 0.226 e. The van der Waals surface area contributed by atoms with E-state index in [-0.39, 0.29) is 19.1 Å². The number of nitrogens with one attached hydrogen (secondary N) is 2. The molecule has 2 aromatic heterocycles. The van der Waals surface area contributed by atoms with Crippen LogP contribution in [0.5, 0.6) is 0 Å². The summed E-state index contributed by atoms with van der Waals surface area (Å²) in [5.41, 5.74) is 1.56. The fraction of sp³-hybridized carbons (Fsp3) is 0.421. The first-order valence-corrected chi connectivity index (χ1v) is 10.5. The number of benzene rings is 1. The topological polar surface area (TPSA) is 103 Å². The number of anilines is 2. The molecule has 1 unspecified atom stereocenters. The lowest BCUT2D eigenvalue weighted by atomic mass is 10.0. The fourth-order valence-corrected chi connectivity index (χ4v) is 4.12. The first kappa shape index (κ1) is 20.7. The van der Waals surface area contributed by atoms with Crippen molar-refractivity contribution in [2.45, 2.75) is 19.8 Å². The zero-order chi connectivity index (χ0) is 19.9. The summed E-state index contributed by atoms with van der Waals surface area (Å²) in [7, 11) is 0. The van der Waals surface area contributed by atoms with Crippen LogP contribution in [-0.2, 0) is 0 Å². The van der Waals surface area contributed by atoms with Crippen LogP contribution >= 0.6 is 22.9 Å². The summed E-state index contributed by atoms with van der Waals surface area (Å²) in [6.45, 7) is 3.17. The van der Waals surface area contributed by atoms with Gasteiger partial charge in [-0.1, -0.05) is 37.1 Å². The molecule has 4 N–H and O–H groups in total. The van der Waals surface area contributed by atoms with E-state index in [0.29, 0.717) is 35.6 Å². The van der Waals surface area contributed by atoms with E-state index >= 15 is 0 Å². The molecule has 28 heavy (non-hydrogen) atoms. The fourth-order valence-electron chi connectivity index (χ4n) is 2.80. The number of rotatable bonds is 10. The second kappa shape index (κ2) is 9.97. The maximum absolute atomic E-state index is 9.41. The van der Waals surface area contributed by atoms with Gasteiger partial charge in [0.2, 0.25) is 5.95 Å². The monoisotopic (exact) mass is 421 g/mol. The van der Waals surface area contributed by atoms with Crippen molar-refractivity contribution in [3.05, 3.63) is 29.4 Å². The molecule has 0 bridgehead atoms. The summed E-state index contributed by atoms with van der Waals surface area (Å²) in [6.07, 6.45) is 1.73. The third-order valence-corrected chi connectivity index (χ3v) is 5.78. The molecule has 0 amide bonds. The second-order valence-electron chi connectivity index (χ2n) is 6.37. The zero-order valence-corrected chi connectivity index (χ0v) is 17.2. The number of halogens is 1. The van der Waals surface area contributed by atoms with E-state index in [9.17, 15) is 5.11 Å². The number of aliphatic hydroxyl groups is 2. The summed E-state index contributed by atoms with van der Waals surface area (Å²) in [5, 5.41) is 25.8. The standard InChI is InChI=1S/C19H24ClN5O2S/c1-2-12(11-27)7-8-21-17-15(16(20)24-19(25-17)22-9-10-26)18-23-13-5-3-4-6-14(13)28-18/h3-6,12,26-27H,2,7-11H2,1H3,(H2,21,22,24,25). The summed E-state index contributed by atoms with van der Waals surface area (Å²) in [4.78, 5) is 13.5. The molecule has 0 aliphatic heterocycles.